The lowest BCUT2D eigenvalue weighted by Gasteiger charge is -2.34. The van der Waals surface area contributed by atoms with Crippen molar-refractivity contribution in [3.8, 4) is 5.75 Å². The Hall–Kier alpha value is -1.55. The van der Waals surface area contributed by atoms with Crippen LogP contribution in [0, 0.1) is 5.92 Å². The van der Waals surface area contributed by atoms with Gasteiger partial charge in [-0.15, -0.1) is 0 Å². The Kier molecular flexibility index (Phi) is 4.15. The summed E-state index contributed by atoms with van der Waals surface area (Å²) >= 11 is 0. The van der Waals surface area contributed by atoms with E-state index in [-0.39, 0.29) is 5.91 Å². The molecule has 2 aliphatic carbocycles. The fraction of sp³-hybridized carbons (Fsp3) is 0.588. The number of hydrogen-bond donors (Lipinski definition) is 2. The third-order valence-electron chi connectivity index (χ3n) is 4.78. The van der Waals surface area contributed by atoms with Crippen molar-refractivity contribution in [2.75, 3.05) is 6.61 Å². The summed E-state index contributed by atoms with van der Waals surface area (Å²) in [6.45, 7) is 0.635. The van der Waals surface area contributed by atoms with Crippen molar-refractivity contribution in [1.82, 2.24) is 5.32 Å². The van der Waals surface area contributed by atoms with Gasteiger partial charge in [-0.1, -0.05) is 24.6 Å². The molecule has 1 aromatic carbocycles. The molecule has 2 aliphatic rings. The van der Waals surface area contributed by atoms with Gasteiger partial charge in [0.05, 0.1) is 6.61 Å². The quantitative estimate of drug-likeness (QED) is 0.808. The van der Waals surface area contributed by atoms with Crippen LogP contribution in [0.15, 0.2) is 30.3 Å². The van der Waals surface area contributed by atoms with E-state index in [2.05, 4.69) is 5.32 Å². The van der Waals surface area contributed by atoms with Crippen LogP contribution in [0.25, 0.3) is 0 Å². The summed E-state index contributed by atoms with van der Waals surface area (Å²) in [6, 6.07) is 10.3. The Balaban J connectivity index is 1.58. The second-order valence-corrected chi connectivity index (χ2v) is 6.29. The van der Waals surface area contributed by atoms with Crippen molar-refractivity contribution in [1.29, 1.82) is 0 Å². The molecule has 0 heterocycles. The summed E-state index contributed by atoms with van der Waals surface area (Å²) in [5.41, 5.74) is 5.24. The number of para-hydroxylation sites is 1. The van der Waals surface area contributed by atoms with Gasteiger partial charge in [-0.25, -0.2) is 0 Å². The first-order valence-electron chi connectivity index (χ1n) is 7.96. The van der Waals surface area contributed by atoms with Crippen molar-refractivity contribution in [3.63, 3.8) is 0 Å². The van der Waals surface area contributed by atoms with E-state index in [0.717, 1.165) is 31.4 Å². The molecule has 2 saturated carbocycles. The number of carbonyl (C=O) groups is 1. The Labute approximate surface area is 126 Å². The number of carbonyl (C=O) groups excluding carboxylic acids is 1. The van der Waals surface area contributed by atoms with E-state index < -0.39 is 5.54 Å². The van der Waals surface area contributed by atoms with Crippen LogP contribution in [0.5, 0.6) is 5.75 Å². The van der Waals surface area contributed by atoms with Gasteiger partial charge in [0.15, 0.2) is 0 Å². The number of amides is 1. The van der Waals surface area contributed by atoms with Crippen LogP contribution < -0.4 is 15.8 Å². The average molecular weight is 288 g/mol. The second kappa shape index (κ2) is 6.06. The largest absolute Gasteiger partial charge is 0.494 e. The highest BCUT2D eigenvalue weighted by molar-refractivity contribution is 5.85. The second-order valence-electron chi connectivity index (χ2n) is 6.29. The molecular formula is C17H24N2O2. The number of rotatable bonds is 7. The number of nitrogens with one attached hydrogen (secondary N) is 1. The lowest BCUT2D eigenvalue weighted by atomic mass is 9.84. The minimum atomic E-state index is -0.499. The van der Waals surface area contributed by atoms with E-state index in [1.165, 1.54) is 12.8 Å². The van der Waals surface area contributed by atoms with Crippen molar-refractivity contribution in [2.24, 2.45) is 11.7 Å². The summed E-state index contributed by atoms with van der Waals surface area (Å²) in [7, 11) is 0. The smallest absolute Gasteiger partial charge is 0.238 e. The molecule has 114 valence electrons. The number of nitrogens with two attached hydrogens (primary N) is 1. The van der Waals surface area contributed by atoms with Gasteiger partial charge in [-0.05, 0) is 50.2 Å². The van der Waals surface area contributed by atoms with E-state index in [0.29, 0.717) is 18.6 Å². The molecule has 0 aliphatic heterocycles. The summed E-state index contributed by atoms with van der Waals surface area (Å²) in [5.74, 6) is 0.992. The highest BCUT2D eigenvalue weighted by atomic mass is 16.5. The van der Waals surface area contributed by atoms with Gasteiger partial charge >= 0.3 is 0 Å². The highest BCUT2D eigenvalue weighted by Gasteiger charge is 2.49. The Morgan fingerprint density at radius 2 is 2.05 bits per heavy atom. The van der Waals surface area contributed by atoms with Crippen LogP contribution >= 0.6 is 0 Å². The molecule has 0 spiro atoms. The van der Waals surface area contributed by atoms with E-state index >= 15 is 0 Å². The fourth-order valence-corrected chi connectivity index (χ4v) is 3.48. The van der Waals surface area contributed by atoms with Crippen molar-refractivity contribution in [2.45, 2.75) is 50.1 Å². The Bertz CT molecular complexity index is 487. The van der Waals surface area contributed by atoms with Gasteiger partial charge in [0.25, 0.3) is 0 Å². The van der Waals surface area contributed by atoms with Gasteiger partial charge in [0, 0.05) is 6.04 Å². The molecule has 0 saturated heterocycles. The van der Waals surface area contributed by atoms with E-state index in [1.807, 2.05) is 30.3 Å². The van der Waals surface area contributed by atoms with Gasteiger partial charge in [-0.2, -0.15) is 0 Å². The number of benzene rings is 1. The zero-order valence-corrected chi connectivity index (χ0v) is 12.4. The van der Waals surface area contributed by atoms with Crippen LogP contribution in [0.2, 0.25) is 0 Å². The standard InChI is InChI=1S/C17H24N2O2/c18-16(20)17(19-14-8-9-14)11-4-5-13(17)10-12-21-15-6-2-1-3-7-15/h1-3,6-7,13-14,19H,4-5,8-12H2,(H2,18,20). The van der Waals surface area contributed by atoms with E-state index in [1.54, 1.807) is 0 Å². The van der Waals surface area contributed by atoms with E-state index in [4.69, 9.17) is 10.5 Å². The average Bonchev–Trinajstić information content (AvgIpc) is 3.20. The molecule has 3 rings (SSSR count). The van der Waals surface area contributed by atoms with Crippen LogP contribution in [-0.4, -0.2) is 24.1 Å². The van der Waals surface area contributed by atoms with Gasteiger partial charge in [-0.3, -0.25) is 4.79 Å². The van der Waals surface area contributed by atoms with Crippen molar-refractivity contribution >= 4 is 5.91 Å². The highest BCUT2D eigenvalue weighted by Crippen LogP contribution is 2.40. The summed E-state index contributed by atoms with van der Waals surface area (Å²) < 4.78 is 5.78. The Morgan fingerprint density at radius 1 is 1.29 bits per heavy atom. The molecule has 0 radical (unpaired) electrons. The SMILES string of the molecule is NC(=O)C1(NC2CC2)CCCC1CCOc1ccccc1. The summed E-state index contributed by atoms with van der Waals surface area (Å²) in [6.07, 6.45) is 6.20. The maximum atomic E-state index is 12.0. The molecule has 21 heavy (non-hydrogen) atoms. The first-order chi connectivity index (χ1) is 10.2. The van der Waals surface area contributed by atoms with Crippen LogP contribution in [0.3, 0.4) is 0 Å². The van der Waals surface area contributed by atoms with Crippen LogP contribution in [-0.2, 0) is 4.79 Å². The maximum absolute atomic E-state index is 12.0. The van der Waals surface area contributed by atoms with Gasteiger partial charge in [0.2, 0.25) is 5.91 Å². The van der Waals surface area contributed by atoms with Crippen LogP contribution in [0.4, 0.5) is 0 Å². The fourth-order valence-electron chi connectivity index (χ4n) is 3.48. The first kappa shape index (κ1) is 14.4. The molecule has 3 N–H and O–H groups in total. The maximum Gasteiger partial charge on any atom is 0.238 e. The van der Waals surface area contributed by atoms with Crippen molar-refractivity contribution < 1.29 is 9.53 Å². The first-order valence-corrected chi connectivity index (χ1v) is 7.96. The number of primary amides is 1. The van der Waals surface area contributed by atoms with Gasteiger partial charge < -0.3 is 15.8 Å². The van der Waals surface area contributed by atoms with Crippen molar-refractivity contribution in [3.05, 3.63) is 30.3 Å². The molecule has 2 unspecified atom stereocenters. The zero-order chi connectivity index (χ0) is 14.7. The normalized spacial score (nSPS) is 28.5. The number of hydrogen-bond acceptors (Lipinski definition) is 3. The third kappa shape index (κ3) is 3.21. The molecule has 2 fully saturated rings. The lowest BCUT2D eigenvalue weighted by Crippen LogP contribution is -2.58. The molecule has 1 aromatic rings. The molecule has 2 atom stereocenters. The zero-order valence-electron chi connectivity index (χ0n) is 12.4. The number of ether oxygens (including phenoxy) is 1. The minimum Gasteiger partial charge on any atom is -0.494 e. The molecular weight excluding hydrogens is 264 g/mol. The summed E-state index contributed by atoms with van der Waals surface area (Å²) in [5, 5.41) is 3.53. The van der Waals surface area contributed by atoms with Crippen LogP contribution in [0.1, 0.15) is 38.5 Å². The monoisotopic (exact) mass is 288 g/mol. The lowest BCUT2D eigenvalue weighted by molar-refractivity contribution is -0.126. The molecule has 0 aromatic heterocycles. The Morgan fingerprint density at radius 3 is 2.71 bits per heavy atom. The molecule has 4 heteroatoms. The minimum absolute atomic E-state index is 0.184. The molecule has 0 bridgehead atoms. The predicted octanol–water partition coefficient (Wildman–Crippen LogP) is 2.23. The third-order valence-corrected chi connectivity index (χ3v) is 4.78. The van der Waals surface area contributed by atoms with Gasteiger partial charge in [0.1, 0.15) is 11.3 Å². The summed E-state index contributed by atoms with van der Waals surface area (Å²) in [4.78, 5) is 12.0. The predicted molar refractivity (Wildman–Crippen MR) is 82.0 cm³/mol. The molecule has 1 amide bonds. The topological polar surface area (TPSA) is 64.4 Å². The molecule has 4 nitrogen and oxygen atoms in total. The van der Waals surface area contributed by atoms with E-state index in [9.17, 15) is 4.79 Å².